The minimum Gasteiger partial charge on any atom is -0.480 e. The lowest BCUT2D eigenvalue weighted by molar-refractivity contribution is -0.128. The highest BCUT2D eigenvalue weighted by Gasteiger charge is 2.21. The van der Waals surface area contributed by atoms with Crippen molar-refractivity contribution in [2.45, 2.75) is 65.5 Å². The number of rotatable bonds is 6. The van der Waals surface area contributed by atoms with Crippen molar-refractivity contribution < 1.29 is 9.53 Å². The van der Waals surface area contributed by atoms with Gasteiger partial charge in [-0.15, -0.1) is 0 Å². The molecule has 0 spiro atoms. The molecule has 0 aliphatic rings. The quantitative estimate of drug-likeness (QED) is 0.762. The molecule has 1 amide bonds. The van der Waals surface area contributed by atoms with Crippen molar-refractivity contribution >= 4 is 5.91 Å². The minimum atomic E-state index is -0.493. The number of aryl methyl sites for hydroxylation is 1. The van der Waals surface area contributed by atoms with Gasteiger partial charge < -0.3 is 10.1 Å². The highest BCUT2D eigenvalue weighted by atomic mass is 16.5. The van der Waals surface area contributed by atoms with Gasteiger partial charge in [0, 0.05) is 0 Å². The molecule has 0 aliphatic carbocycles. The highest BCUT2D eigenvalue weighted by Crippen LogP contribution is 2.24. The van der Waals surface area contributed by atoms with E-state index in [4.69, 9.17) is 4.74 Å². The van der Waals surface area contributed by atoms with E-state index in [9.17, 15) is 4.79 Å². The van der Waals surface area contributed by atoms with E-state index >= 15 is 0 Å². The largest absolute Gasteiger partial charge is 0.480 e. The molecule has 0 fully saturated rings. The van der Waals surface area contributed by atoms with Crippen molar-refractivity contribution in [3.63, 3.8) is 0 Å². The van der Waals surface area contributed by atoms with Gasteiger partial charge in [-0.2, -0.15) is 0 Å². The van der Waals surface area contributed by atoms with Gasteiger partial charge in [0.25, 0.3) is 5.91 Å². The number of ether oxygens (including phenoxy) is 1. The van der Waals surface area contributed by atoms with Gasteiger partial charge >= 0.3 is 0 Å². The number of carbonyl (C=O) groups is 1. The Morgan fingerprint density at radius 1 is 1.08 bits per heavy atom. The summed E-state index contributed by atoms with van der Waals surface area (Å²) in [7, 11) is 0. The van der Waals surface area contributed by atoms with Crippen LogP contribution in [0.5, 0.6) is 5.75 Å². The predicted octanol–water partition coefficient (Wildman–Crippen LogP) is 5.33. The summed E-state index contributed by atoms with van der Waals surface area (Å²) in [5.74, 6) is 0.680. The first-order valence-electron chi connectivity index (χ1n) is 9.35. The Kier molecular flexibility index (Phi) is 6.47. The number of amides is 1. The number of nitrogens with one attached hydrogen (secondary N) is 1. The van der Waals surface area contributed by atoms with Crippen LogP contribution in [0.3, 0.4) is 0 Å². The first kappa shape index (κ1) is 20.0. The summed E-state index contributed by atoms with van der Waals surface area (Å²) in [5.41, 5.74) is 3.54. The average molecular weight is 354 g/mol. The van der Waals surface area contributed by atoms with Gasteiger partial charge in [-0.3, -0.25) is 4.79 Å². The average Bonchev–Trinajstić information content (AvgIpc) is 2.60. The maximum absolute atomic E-state index is 12.7. The van der Waals surface area contributed by atoms with Crippen LogP contribution in [0.2, 0.25) is 0 Å². The summed E-state index contributed by atoms with van der Waals surface area (Å²) >= 11 is 0. The van der Waals surface area contributed by atoms with Crippen LogP contribution in [0.1, 0.15) is 63.8 Å². The molecule has 0 heterocycles. The second-order valence-electron chi connectivity index (χ2n) is 7.88. The molecular formula is C23H31NO2. The Bertz CT molecular complexity index is 729. The summed E-state index contributed by atoms with van der Waals surface area (Å²) in [6.45, 7) is 12.5. The molecule has 2 aromatic rings. The third-order valence-corrected chi connectivity index (χ3v) is 4.66. The molecule has 0 saturated heterocycles. The molecular weight excluding hydrogens is 322 g/mol. The van der Waals surface area contributed by atoms with Crippen LogP contribution in [0, 0.1) is 6.92 Å². The SMILES string of the molecule is CC[C@@H](Oc1ccccc1C)C(=O)N[C@@H](C)c1ccc(C(C)(C)C)cc1. The van der Waals surface area contributed by atoms with Crippen molar-refractivity contribution in [2.24, 2.45) is 0 Å². The molecule has 0 unspecified atom stereocenters. The number of benzene rings is 2. The third kappa shape index (κ3) is 5.10. The van der Waals surface area contributed by atoms with Crippen LogP contribution in [-0.2, 0) is 10.2 Å². The van der Waals surface area contributed by atoms with Gasteiger partial charge in [0.15, 0.2) is 6.10 Å². The molecule has 2 rings (SSSR count). The lowest BCUT2D eigenvalue weighted by Crippen LogP contribution is -2.39. The Morgan fingerprint density at radius 3 is 2.23 bits per heavy atom. The van der Waals surface area contributed by atoms with E-state index in [0.717, 1.165) is 16.9 Å². The minimum absolute atomic E-state index is 0.0639. The summed E-state index contributed by atoms with van der Waals surface area (Å²) < 4.78 is 5.94. The predicted molar refractivity (Wildman–Crippen MR) is 108 cm³/mol. The first-order chi connectivity index (χ1) is 12.2. The molecule has 0 saturated carbocycles. The van der Waals surface area contributed by atoms with Crippen LogP contribution in [0.15, 0.2) is 48.5 Å². The van der Waals surface area contributed by atoms with Crippen LogP contribution < -0.4 is 10.1 Å². The maximum Gasteiger partial charge on any atom is 0.261 e. The monoisotopic (exact) mass is 353 g/mol. The van der Waals surface area contributed by atoms with E-state index < -0.39 is 6.10 Å². The summed E-state index contributed by atoms with van der Waals surface area (Å²) in [6.07, 6.45) is 0.128. The van der Waals surface area contributed by atoms with Crippen molar-refractivity contribution in [3.8, 4) is 5.75 Å². The van der Waals surface area contributed by atoms with Gasteiger partial charge in [-0.1, -0.05) is 70.2 Å². The fourth-order valence-corrected chi connectivity index (χ4v) is 2.83. The van der Waals surface area contributed by atoms with E-state index in [-0.39, 0.29) is 17.4 Å². The molecule has 2 aromatic carbocycles. The molecule has 26 heavy (non-hydrogen) atoms. The molecule has 0 radical (unpaired) electrons. The zero-order valence-corrected chi connectivity index (χ0v) is 16.8. The number of para-hydroxylation sites is 1. The molecule has 3 nitrogen and oxygen atoms in total. The molecule has 0 aromatic heterocycles. The molecule has 140 valence electrons. The standard InChI is InChI=1S/C23H31NO2/c1-7-20(26-21-11-9-8-10-16(21)2)22(25)24-17(3)18-12-14-19(15-13-18)23(4,5)6/h8-15,17,20H,7H2,1-6H3,(H,24,25)/t17-,20+/m0/s1. The van der Waals surface area contributed by atoms with Gasteiger partial charge in [0.05, 0.1) is 6.04 Å². The number of carbonyl (C=O) groups excluding carboxylic acids is 1. The van der Waals surface area contributed by atoms with Gasteiger partial charge in [-0.05, 0) is 48.4 Å². The van der Waals surface area contributed by atoms with Crippen LogP contribution in [0.25, 0.3) is 0 Å². The van der Waals surface area contributed by atoms with E-state index in [1.807, 2.05) is 45.0 Å². The van der Waals surface area contributed by atoms with Crippen LogP contribution in [-0.4, -0.2) is 12.0 Å². The van der Waals surface area contributed by atoms with Crippen LogP contribution >= 0.6 is 0 Å². The maximum atomic E-state index is 12.7. The van der Waals surface area contributed by atoms with Crippen molar-refractivity contribution in [3.05, 3.63) is 65.2 Å². The number of hydrogen-bond acceptors (Lipinski definition) is 2. The second-order valence-corrected chi connectivity index (χ2v) is 7.88. The van der Waals surface area contributed by atoms with E-state index in [1.54, 1.807) is 0 Å². The van der Waals surface area contributed by atoms with E-state index in [1.165, 1.54) is 5.56 Å². The summed E-state index contributed by atoms with van der Waals surface area (Å²) in [5, 5.41) is 3.08. The lowest BCUT2D eigenvalue weighted by atomic mass is 9.86. The zero-order chi connectivity index (χ0) is 19.3. The molecule has 3 heteroatoms. The van der Waals surface area contributed by atoms with Gasteiger partial charge in [0.2, 0.25) is 0 Å². The normalized spacial score (nSPS) is 13.8. The molecule has 2 atom stereocenters. The smallest absolute Gasteiger partial charge is 0.261 e. The van der Waals surface area contributed by atoms with Gasteiger partial charge in [-0.25, -0.2) is 0 Å². The fraction of sp³-hybridized carbons (Fsp3) is 0.435. The topological polar surface area (TPSA) is 38.3 Å². The Labute approximate surface area is 157 Å². The first-order valence-corrected chi connectivity index (χ1v) is 9.35. The fourth-order valence-electron chi connectivity index (χ4n) is 2.83. The lowest BCUT2D eigenvalue weighted by Gasteiger charge is -2.23. The molecule has 0 aliphatic heterocycles. The molecule has 0 bridgehead atoms. The Hall–Kier alpha value is -2.29. The van der Waals surface area contributed by atoms with E-state index in [0.29, 0.717) is 6.42 Å². The Balaban J connectivity index is 2.03. The van der Waals surface area contributed by atoms with Crippen LogP contribution in [0.4, 0.5) is 0 Å². The van der Waals surface area contributed by atoms with Crippen molar-refractivity contribution in [1.82, 2.24) is 5.32 Å². The third-order valence-electron chi connectivity index (χ3n) is 4.66. The zero-order valence-electron chi connectivity index (χ0n) is 16.8. The summed E-state index contributed by atoms with van der Waals surface area (Å²) in [4.78, 5) is 12.7. The number of hydrogen-bond donors (Lipinski definition) is 1. The van der Waals surface area contributed by atoms with E-state index in [2.05, 4.69) is 50.4 Å². The highest BCUT2D eigenvalue weighted by molar-refractivity contribution is 5.81. The van der Waals surface area contributed by atoms with Crippen molar-refractivity contribution in [2.75, 3.05) is 0 Å². The molecule has 1 N–H and O–H groups in total. The van der Waals surface area contributed by atoms with Crippen molar-refractivity contribution in [1.29, 1.82) is 0 Å². The summed E-state index contributed by atoms with van der Waals surface area (Å²) in [6, 6.07) is 16.2. The van der Waals surface area contributed by atoms with Gasteiger partial charge in [0.1, 0.15) is 5.75 Å². The second kappa shape index (κ2) is 8.39. The Morgan fingerprint density at radius 2 is 1.69 bits per heavy atom.